The van der Waals surface area contributed by atoms with Gasteiger partial charge in [-0.15, -0.1) is 0 Å². The first-order valence-electron chi connectivity index (χ1n) is 11.8. The highest BCUT2D eigenvalue weighted by Gasteiger charge is 2.32. The first-order chi connectivity index (χ1) is 16.3. The molecule has 2 fully saturated rings. The molecule has 5 nitrogen and oxygen atoms in total. The van der Waals surface area contributed by atoms with Gasteiger partial charge in [-0.1, -0.05) is 17.7 Å². The van der Waals surface area contributed by atoms with Crippen LogP contribution in [0.15, 0.2) is 36.4 Å². The molecule has 0 aromatic heterocycles. The molecular formula is C26H30ClF2N3O2. The molecule has 2 aromatic rings. The van der Waals surface area contributed by atoms with Gasteiger partial charge in [0.1, 0.15) is 17.2 Å². The van der Waals surface area contributed by atoms with Crippen molar-refractivity contribution in [1.29, 1.82) is 0 Å². The van der Waals surface area contributed by atoms with Crippen LogP contribution < -0.4 is 4.90 Å². The van der Waals surface area contributed by atoms with Crippen molar-refractivity contribution in [3.05, 3.63) is 64.2 Å². The van der Waals surface area contributed by atoms with E-state index in [0.717, 1.165) is 56.6 Å². The Hall–Kier alpha value is -2.67. The average Bonchev–Trinajstić information content (AvgIpc) is 2.83. The molecule has 2 saturated heterocycles. The summed E-state index contributed by atoms with van der Waals surface area (Å²) in [5, 5.41) is 0.460. The maximum absolute atomic E-state index is 14.0. The minimum absolute atomic E-state index is 0.113. The third-order valence-electron chi connectivity index (χ3n) is 7.16. The van der Waals surface area contributed by atoms with Crippen molar-refractivity contribution in [1.82, 2.24) is 9.80 Å². The van der Waals surface area contributed by atoms with Crippen LogP contribution in [0, 0.1) is 23.5 Å². The highest BCUT2D eigenvalue weighted by molar-refractivity contribution is 6.34. The molecule has 34 heavy (non-hydrogen) atoms. The van der Waals surface area contributed by atoms with Gasteiger partial charge in [0.2, 0.25) is 0 Å². The minimum atomic E-state index is -0.807. The molecule has 0 spiro atoms. The Morgan fingerprint density at radius 3 is 2.00 bits per heavy atom. The number of benzene rings is 2. The lowest BCUT2D eigenvalue weighted by Gasteiger charge is -2.41. The van der Waals surface area contributed by atoms with E-state index < -0.39 is 23.1 Å². The van der Waals surface area contributed by atoms with E-state index in [1.54, 1.807) is 25.1 Å². The van der Waals surface area contributed by atoms with Gasteiger partial charge in [-0.05, 0) is 67.9 Å². The van der Waals surface area contributed by atoms with Crippen molar-refractivity contribution >= 4 is 29.1 Å². The topological polar surface area (TPSA) is 43.9 Å². The molecule has 0 saturated carbocycles. The van der Waals surface area contributed by atoms with Gasteiger partial charge >= 0.3 is 0 Å². The van der Waals surface area contributed by atoms with E-state index in [4.69, 9.17) is 11.6 Å². The minimum Gasteiger partial charge on any atom is -0.371 e. The van der Waals surface area contributed by atoms with E-state index >= 15 is 0 Å². The fraction of sp³-hybridized carbons (Fsp3) is 0.462. The standard InChI is InChI=1S/C26H30ClF2N3O2/c1-30(2)25(33)20-7-6-19(16-21(20)27)31-12-8-17(9-13-31)18-10-14-32(15-11-18)26(34)24-22(28)4-3-5-23(24)29/h3-7,16-18H,8-15H2,1-2H3. The van der Waals surface area contributed by atoms with Crippen molar-refractivity contribution in [3.8, 4) is 0 Å². The van der Waals surface area contributed by atoms with Crippen LogP contribution in [0.5, 0.6) is 0 Å². The second-order valence-corrected chi connectivity index (χ2v) is 9.82. The Morgan fingerprint density at radius 2 is 1.47 bits per heavy atom. The zero-order valence-electron chi connectivity index (χ0n) is 19.6. The normalized spacial score (nSPS) is 17.7. The van der Waals surface area contributed by atoms with Gasteiger partial charge in [-0.3, -0.25) is 9.59 Å². The predicted molar refractivity (Wildman–Crippen MR) is 129 cm³/mol. The summed E-state index contributed by atoms with van der Waals surface area (Å²) in [5.74, 6) is -1.23. The molecule has 2 aliphatic rings. The van der Waals surface area contributed by atoms with Crippen LogP contribution in [0.2, 0.25) is 5.02 Å². The maximum Gasteiger partial charge on any atom is 0.259 e. The summed E-state index contributed by atoms with van der Waals surface area (Å²) in [4.78, 5) is 30.3. The Kier molecular flexibility index (Phi) is 7.41. The summed E-state index contributed by atoms with van der Waals surface area (Å²) in [6, 6.07) is 9.12. The first kappa shape index (κ1) is 24.5. The molecule has 0 bridgehead atoms. The van der Waals surface area contributed by atoms with Gasteiger partial charge < -0.3 is 14.7 Å². The number of nitrogens with zero attached hydrogens (tertiary/aromatic N) is 3. The fourth-order valence-electron chi connectivity index (χ4n) is 5.18. The first-order valence-corrected chi connectivity index (χ1v) is 12.1. The molecule has 2 heterocycles. The van der Waals surface area contributed by atoms with E-state index in [1.165, 1.54) is 11.0 Å². The van der Waals surface area contributed by atoms with Crippen LogP contribution in [-0.2, 0) is 0 Å². The highest BCUT2D eigenvalue weighted by Crippen LogP contribution is 2.35. The average molecular weight is 490 g/mol. The van der Waals surface area contributed by atoms with Crippen LogP contribution in [0.3, 0.4) is 0 Å². The summed E-state index contributed by atoms with van der Waals surface area (Å²) in [6.07, 6.45) is 3.77. The third-order valence-corrected chi connectivity index (χ3v) is 7.48. The smallest absolute Gasteiger partial charge is 0.259 e. The molecule has 0 aliphatic carbocycles. The highest BCUT2D eigenvalue weighted by atomic mass is 35.5. The van der Waals surface area contributed by atoms with E-state index in [1.807, 2.05) is 12.1 Å². The van der Waals surface area contributed by atoms with Gasteiger partial charge in [0.15, 0.2) is 0 Å². The molecule has 2 aliphatic heterocycles. The summed E-state index contributed by atoms with van der Waals surface area (Å²) in [6.45, 7) is 2.85. The number of likely N-dealkylation sites (tertiary alicyclic amines) is 1. The van der Waals surface area contributed by atoms with Crippen molar-refractivity contribution in [2.75, 3.05) is 45.2 Å². The zero-order chi connectivity index (χ0) is 24.4. The van der Waals surface area contributed by atoms with Crippen LogP contribution in [0.25, 0.3) is 0 Å². The van der Waals surface area contributed by atoms with E-state index in [9.17, 15) is 18.4 Å². The molecule has 4 rings (SSSR count). The predicted octanol–water partition coefficient (Wildman–Crippen LogP) is 5.09. The summed E-state index contributed by atoms with van der Waals surface area (Å²) in [7, 11) is 3.41. The van der Waals surface area contributed by atoms with Crippen LogP contribution >= 0.6 is 11.6 Å². The Bertz CT molecular complexity index is 1040. The number of hydrogen-bond donors (Lipinski definition) is 0. The van der Waals surface area contributed by atoms with Gasteiger partial charge in [0, 0.05) is 46.0 Å². The molecular weight excluding hydrogens is 460 g/mol. The van der Waals surface area contributed by atoms with Crippen molar-refractivity contribution < 1.29 is 18.4 Å². The Labute approximate surface area is 204 Å². The molecule has 0 radical (unpaired) electrons. The number of rotatable bonds is 4. The fourth-order valence-corrected chi connectivity index (χ4v) is 5.43. The van der Waals surface area contributed by atoms with Crippen LogP contribution in [-0.4, -0.2) is 61.9 Å². The quantitative estimate of drug-likeness (QED) is 0.601. The molecule has 2 amide bonds. The molecule has 2 aromatic carbocycles. The van der Waals surface area contributed by atoms with Crippen LogP contribution in [0.1, 0.15) is 46.4 Å². The number of halogens is 3. The molecule has 182 valence electrons. The SMILES string of the molecule is CN(C)C(=O)c1ccc(N2CCC(C3CCN(C(=O)c4c(F)cccc4F)CC3)CC2)cc1Cl. The number of carbonyl (C=O) groups excluding carboxylic acids is 2. The zero-order valence-corrected chi connectivity index (χ0v) is 20.3. The number of anilines is 1. The molecule has 0 N–H and O–H groups in total. The van der Waals surface area contributed by atoms with E-state index in [2.05, 4.69) is 4.90 Å². The number of hydrogen-bond acceptors (Lipinski definition) is 3. The lowest BCUT2D eigenvalue weighted by molar-refractivity contribution is 0.0636. The molecule has 8 heteroatoms. The van der Waals surface area contributed by atoms with E-state index in [0.29, 0.717) is 35.5 Å². The summed E-state index contributed by atoms with van der Waals surface area (Å²) in [5.41, 5.74) is 1.07. The van der Waals surface area contributed by atoms with Gasteiger partial charge in [-0.25, -0.2) is 8.78 Å². The lowest BCUT2D eigenvalue weighted by atomic mass is 9.78. The lowest BCUT2D eigenvalue weighted by Crippen LogP contribution is -2.43. The monoisotopic (exact) mass is 489 g/mol. The van der Waals surface area contributed by atoms with Crippen molar-refractivity contribution in [3.63, 3.8) is 0 Å². The number of carbonyl (C=O) groups is 2. The number of amides is 2. The summed E-state index contributed by atoms with van der Waals surface area (Å²) < 4.78 is 28.0. The van der Waals surface area contributed by atoms with Crippen molar-refractivity contribution in [2.24, 2.45) is 11.8 Å². The maximum atomic E-state index is 14.0. The van der Waals surface area contributed by atoms with Crippen LogP contribution in [0.4, 0.5) is 14.5 Å². The summed E-state index contributed by atoms with van der Waals surface area (Å²) >= 11 is 6.39. The van der Waals surface area contributed by atoms with Gasteiger partial charge in [-0.2, -0.15) is 0 Å². The van der Waals surface area contributed by atoms with Gasteiger partial charge in [0.05, 0.1) is 10.6 Å². The molecule has 0 unspecified atom stereocenters. The Morgan fingerprint density at radius 1 is 0.912 bits per heavy atom. The number of piperidine rings is 2. The second-order valence-electron chi connectivity index (χ2n) is 9.41. The largest absolute Gasteiger partial charge is 0.371 e. The van der Waals surface area contributed by atoms with Crippen molar-refractivity contribution in [2.45, 2.75) is 25.7 Å². The Balaban J connectivity index is 1.31. The third kappa shape index (κ3) is 5.04. The second kappa shape index (κ2) is 10.3. The van der Waals surface area contributed by atoms with E-state index in [-0.39, 0.29) is 5.91 Å². The molecule has 0 atom stereocenters. The van der Waals surface area contributed by atoms with Gasteiger partial charge in [0.25, 0.3) is 11.8 Å².